The highest BCUT2D eigenvalue weighted by atomic mass is 32.2. The van der Waals surface area contributed by atoms with Gasteiger partial charge in [-0.1, -0.05) is 6.07 Å². The van der Waals surface area contributed by atoms with Gasteiger partial charge >= 0.3 is 11.7 Å². The summed E-state index contributed by atoms with van der Waals surface area (Å²) >= 11 is 0. The van der Waals surface area contributed by atoms with Crippen LogP contribution in [-0.4, -0.2) is 31.5 Å². The standard InChI is InChI=1S/C12H11N3O6S/c1-21-11(17)7-3-2-4-8(5-7)15-22(19,20)9-6-13-12(18)14-10(9)16/h2-6,15H,1H3,(H2,13,14,16,18). The number of methoxy groups -OCH3 is 1. The number of anilines is 1. The molecule has 0 fully saturated rings. The third kappa shape index (κ3) is 3.23. The Bertz CT molecular complexity index is 928. The Morgan fingerprint density at radius 3 is 2.64 bits per heavy atom. The van der Waals surface area contributed by atoms with Gasteiger partial charge < -0.3 is 9.72 Å². The predicted molar refractivity (Wildman–Crippen MR) is 76.3 cm³/mol. The Kier molecular flexibility index (Phi) is 4.13. The first-order chi connectivity index (χ1) is 10.3. The lowest BCUT2D eigenvalue weighted by Crippen LogP contribution is -2.29. The van der Waals surface area contributed by atoms with Gasteiger partial charge in [-0.25, -0.2) is 18.0 Å². The maximum atomic E-state index is 12.1. The van der Waals surface area contributed by atoms with Gasteiger partial charge in [0.25, 0.3) is 15.6 Å². The molecule has 2 aromatic rings. The number of hydrogen-bond donors (Lipinski definition) is 3. The van der Waals surface area contributed by atoms with E-state index in [0.29, 0.717) is 0 Å². The number of carbonyl (C=O) groups is 1. The van der Waals surface area contributed by atoms with Crippen LogP contribution in [-0.2, 0) is 14.8 Å². The molecule has 0 unspecified atom stereocenters. The molecule has 10 heteroatoms. The Morgan fingerprint density at radius 2 is 2.00 bits per heavy atom. The van der Waals surface area contributed by atoms with Crippen LogP contribution in [0.4, 0.5) is 5.69 Å². The minimum atomic E-state index is -4.23. The highest BCUT2D eigenvalue weighted by Crippen LogP contribution is 2.15. The van der Waals surface area contributed by atoms with E-state index in [-0.39, 0.29) is 11.3 Å². The highest BCUT2D eigenvalue weighted by molar-refractivity contribution is 7.92. The number of esters is 1. The molecular formula is C12H11N3O6S. The van der Waals surface area contributed by atoms with Crippen molar-refractivity contribution in [2.24, 2.45) is 0 Å². The zero-order chi connectivity index (χ0) is 16.3. The lowest BCUT2D eigenvalue weighted by Gasteiger charge is -2.08. The largest absolute Gasteiger partial charge is 0.465 e. The summed E-state index contributed by atoms with van der Waals surface area (Å²) in [5.41, 5.74) is -1.68. The number of sulfonamides is 1. The molecule has 0 aliphatic heterocycles. The van der Waals surface area contributed by atoms with E-state index in [1.807, 2.05) is 4.98 Å². The highest BCUT2D eigenvalue weighted by Gasteiger charge is 2.19. The Labute approximate surface area is 124 Å². The van der Waals surface area contributed by atoms with Gasteiger partial charge in [-0.2, -0.15) is 0 Å². The van der Waals surface area contributed by atoms with E-state index in [4.69, 9.17) is 0 Å². The van der Waals surface area contributed by atoms with Crippen LogP contribution in [0.2, 0.25) is 0 Å². The fourth-order valence-electron chi connectivity index (χ4n) is 1.63. The van der Waals surface area contributed by atoms with E-state index in [9.17, 15) is 22.8 Å². The van der Waals surface area contributed by atoms with Crippen LogP contribution in [0.5, 0.6) is 0 Å². The predicted octanol–water partition coefficient (Wildman–Crippen LogP) is -0.349. The molecule has 1 heterocycles. The first kappa shape index (κ1) is 15.5. The molecule has 0 aliphatic rings. The normalized spacial score (nSPS) is 11.0. The zero-order valence-electron chi connectivity index (χ0n) is 11.2. The zero-order valence-corrected chi connectivity index (χ0v) is 12.1. The third-order valence-corrected chi connectivity index (χ3v) is 4.00. The molecule has 1 aromatic heterocycles. The average molecular weight is 325 g/mol. The van der Waals surface area contributed by atoms with Crippen molar-refractivity contribution in [3.8, 4) is 0 Å². The molecule has 0 spiro atoms. The summed E-state index contributed by atoms with van der Waals surface area (Å²) in [6.45, 7) is 0. The van der Waals surface area contributed by atoms with Crippen LogP contribution in [0.25, 0.3) is 0 Å². The molecule has 3 N–H and O–H groups in total. The molecule has 9 nitrogen and oxygen atoms in total. The van der Waals surface area contributed by atoms with Gasteiger partial charge in [-0.15, -0.1) is 0 Å². The molecule has 0 bridgehead atoms. The Hall–Kier alpha value is -2.88. The molecule has 116 valence electrons. The monoisotopic (exact) mass is 325 g/mol. The van der Waals surface area contributed by atoms with Crippen molar-refractivity contribution in [2.45, 2.75) is 4.90 Å². The van der Waals surface area contributed by atoms with E-state index in [1.165, 1.54) is 31.4 Å². The average Bonchev–Trinajstić information content (AvgIpc) is 2.45. The van der Waals surface area contributed by atoms with E-state index in [0.717, 1.165) is 6.20 Å². The molecule has 0 aliphatic carbocycles. The second-order valence-corrected chi connectivity index (χ2v) is 5.76. The van der Waals surface area contributed by atoms with Crippen molar-refractivity contribution in [3.63, 3.8) is 0 Å². The number of aromatic amines is 2. The second kappa shape index (κ2) is 5.85. The van der Waals surface area contributed by atoms with Gasteiger partial charge in [0.2, 0.25) is 0 Å². The SMILES string of the molecule is COC(=O)c1cccc(NS(=O)(=O)c2c[nH]c(=O)[nH]c2=O)c1. The van der Waals surface area contributed by atoms with E-state index < -0.39 is 32.1 Å². The van der Waals surface area contributed by atoms with Gasteiger partial charge in [0.15, 0.2) is 4.90 Å². The van der Waals surface area contributed by atoms with Gasteiger partial charge in [0.05, 0.1) is 12.7 Å². The lowest BCUT2D eigenvalue weighted by molar-refractivity contribution is 0.0601. The summed E-state index contributed by atoms with van der Waals surface area (Å²) in [6.07, 6.45) is 0.785. The minimum Gasteiger partial charge on any atom is -0.465 e. The number of rotatable bonds is 4. The number of aromatic nitrogens is 2. The smallest absolute Gasteiger partial charge is 0.337 e. The number of hydrogen-bond acceptors (Lipinski definition) is 6. The summed E-state index contributed by atoms with van der Waals surface area (Å²) in [7, 11) is -3.03. The molecule has 2 rings (SSSR count). The van der Waals surface area contributed by atoms with Crippen molar-refractivity contribution in [2.75, 3.05) is 11.8 Å². The van der Waals surface area contributed by atoms with Crippen LogP contribution < -0.4 is 16.0 Å². The maximum absolute atomic E-state index is 12.1. The minimum absolute atomic E-state index is 0.0634. The summed E-state index contributed by atoms with van der Waals surface area (Å²) < 4.78 is 30.9. The fourth-order valence-corrected chi connectivity index (χ4v) is 2.69. The Balaban J connectivity index is 2.39. The molecule has 0 radical (unpaired) electrons. The summed E-state index contributed by atoms with van der Waals surface area (Å²) in [5, 5.41) is 0. The second-order valence-electron chi connectivity index (χ2n) is 4.11. The number of ether oxygens (including phenoxy) is 1. The fraction of sp³-hybridized carbons (Fsp3) is 0.0833. The molecule has 0 amide bonds. The summed E-state index contributed by atoms with van der Waals surface area (Å²) in [5.74, 6) is -0.636. The lowest BCUT2D eigenvalue weighted by atomic mass is 10.2. The molecule has 0 atom stereocenters. The van der Waals surface area contributed by atoms with E-state index >= 15 is 0 Å². The molecular weight excluding hydrogens is 314 g/mol. The number of nitrogens with one attached hydrogen (secondary N) is 3. The van der Waals surface area contributed by atoms with Crippen molar-refractivity contribution >= 4 is 21.7 Å². The van der Waals surface area contributed by atoms with Crippen molar-refractivity contribution < 1.29 is 17.9 Å². The van der Waals surface area contributed by atoms with Gasteiger partial charge in [-0.05, 0) is 18.2 Å². The van der Waals surface area contributed by atoms with Crippen LogP contribution in [0.1, 0.15) is 10.4 Å². The topological polar surface area (TPSA) is 138 Å². The quantitative estimate of drug-likeness (QED) is 0.657. The third-order valence-electron chi connectivity index (χ3n) is 2.61. The van der Waals surface area contributed by atoms with Crippen LogP contribution >= 0.6 is 0 Å². The van der Waals surface area contributed by atoms with Crippen LogP contribution in [0.15, 0.2) is 44.9 Å². The van der Waals surface area contributed by atoms with Gasteiger partial charge in [-0.3, -0.25) is 14.5 Å². The van der Waals surface area contributed by atoms with Crippen LogP contribution in [0.3, 0.4) is 0 Å². The van der Waals surface area contributed by atoms with Crippen molar-refractivity contribution in [1.29, 1.82) is 0 Å². The number of benzene rings is 1. The maximum Gasteiger partial charge on any atom is 0.337 e. The molecule has 0 saturated heterocycles. The first-order valence-corrected chi connectivity index (χ1v) is 7.35. The molecule has 1 aromatic carbocycles. The summed E-state index contributed by atoms with van der Waals surface area (Å²) in [4.78, 5) is 37.1. The Morgan fingerprint density at radius 1 is 1.27 bits per heavy atom. The van der Waals surface area contributed by atoms with Gasteiger partial charge in [0.1, 0.15) is 0 Å². The van der Waals surface area contributed by atoms with E-state index in [2.05, 4.69) is 14.4 Å². The van der Waals surface area contributed by atoms with Crippen molar-refractivity contribution in [1.82, 2.24) is 9.97 Å². The number of H-pyrrole nitrogens is 2. The number of carbonyl (C=O) groups excluding carboxylic acids is 1. The summed E-state index contributed by atoms with van der Waals surface area (Å²) in [6, 6.07) is 5.53. The van der Waals surface area contributed by atoms with Crippen LogP contribution in [0, 0.1) is 0 Å². The molecule has 0 saturated carbocycles. The molecule has 22 heavy (non-hydrogen) atoms. The first-order valence-electron chi connectivity index (χ1n) is 5.87. The van der Waals surface area contributed by atoms with Gasteiger partial charge in [0, 0.05) is 11.9 Å². The van der Waals surface area contributed by atoms with Crippen molar-refractivity contribution in [3.05, 3.63) is 56.9 Å². The van der Waals surface area contributed by atoms with E-state index in [1.54, 1.807) is 0 Å².